The minimum Gasteiger partial charge on any atom is -0.478 e. The van der Waals surface area contributed by atoms with Gasteiger partial charge < -0.3 is 10.0 Å². The van der Waals surface area contributed by atoms with E-state index >= 15 is 0 Å². The molecule has 2 rings (SSSR count). The molecule has 0 saturated heterocycles. The van der Waals surface area contributed by atoms with Crippen molar-refractivity contribution in [2.75, 3.05) is 11.4 Å². The highest BCUT2D eigenvalue weighted by molar-refractivity contribution is 5.94. The molecule has 1 N–H and O–H groups in total. The number of aromatic carboxylic acids is 1. The second kappa shape index (κ2) is 4.35. The molecule has 1 fully saturated rings. The molecule has 1 heterocycles. The minimum atomic E-state index is -0.933. The van der Waals surface area contributed by atoms with Gasteiger partial charge in [0.1, 0.15) is 5.56 Å². The van der Waals surface area contributed by atoms with E-state index in [-0.39, 0.29) is 5.56 Å². The second-order valence-electron chi connectivity index (χ2n) is 3.87. The molecule has 0 atom stereocenters. The van der Waals surface area contributed by atoms with E-state index in [9.17, 15) is 4.79 Å². The van der Waals surface area contributed by atoms with Gasteiger partial charge in [0.2, 0.25) is 0 Å². The van der Waals surface area contributed by atoms with E-state index in [1.165, 1.54) is 6.20 Å². The molecule has 0 unspecified atom stereocenters. The van der Waals surface area contributed by atoms with Crippen LogP contribution in [0.15, 0.2) is 31.1 Å². The van der Waals surface area contributed by atoms with Crippen molar-refractivity contribution in [2.45, 2.75) is 18.9 Å². The maximum atomic E-state index is 11.1. The molecule has 0 aromatic carbocycles. The predicted octanol–water partition coefficient (Wildman–Crippen LogP) is 1.93. The average molecular weight is 218 g/mol. The van der Waals surface area contributed by atoms with Crippen molar-refractivity contribution in [3.8, 4) is 0 Å². The molecule has 0 bridgehead atoms. The fraction of sp³-hybridized carbons (Fsp3) is 0.333. The maximum Gasteiger partial charge on any atom is 0.339 e. The van der Waals surface area contributed by atoms with Crippen LogP contribution in [0.1, 0.15) is 23.2 Å². The summed E-state index contributed by atoms with van der Waals surface area (Å²) in [5.74, 6) is -0.933. The second-order valence-corrected chi connectivity index (χ2v) is 3.87. The third-order valence-electron chi connectivity index (χ3n) is 2.65. The molecule has 1 aromatic heterocycles. The van der Waals surface area contributed by atoms with Gasteiger partial charge >= 0.3 is 5.97 Å². The third-order valence-corrected chi connectivity index (χ3v) is 2.65. The zero-order valence-electron chi connectivity index (χ0n) is 8.97. The summed E-state index contributed by atoms with van der Waals surface area (Å²) in [5, 5.41) is 9.09. The monoisotopic (exact) mass is 218 g/mol. The first-order valence-electron chi connectivity index (χ1n) is 5.29. The van der Waals surface area contributed by atoms with Crippen LogP contribution < -0.4 is 4.90 Å². The fourth-order valence-corrected chi connectivity index (χ4v) is 1.77. The Morgan fingerprint density at radius 3 is 3.00 bits per heavy atom. The average Bonchev–Trinajstić information content (AvgIpc) is 3.10. The molecule has 84 valence electrons. The number of carbonyl (C=O) groups is 1. The highest BCUT2D eigenvalue weighted by Crippen LogP contribution is 2.33. The van der Waals surface area contributed by atoms with Gasteiger partial charge in [-0.1, -0.05) is 6.08 Å². The number of rotatable bonds is 5. The van der Waals surface area contributed by atoms with Crippen molar-refractivity contribution < 1.29 is 9.90 Å². The van der Waals surface area contributed by atoms with Gasteiger partial charge in [-0.25, -0.2) is 4.79 Å². The van der Waals surface area contributed by atoms with Crippen LogP contribution in [0.3, 0.4) is 0 Å². The van der Waals surface area contributed by atoms with E-state index in [1.807, 2.05) is 0 Å². The molecule has 1 saturated carbocycles. The Morgan fingerprint density at radius 1 is 1.69 bits per heavy atom. The number of nitrogens with zero attached hydrogens (tertiary/aromatic N) is 2. The van der Waals surface area contributed by atoms with Crippen molar-refractivity contribution in [3.63, 3.8) is 0 Å². The Morgan fingerprint density at radius 2 is 2.44 bits per heavy atom. The summed E-state index contributed by atoms with van der Waals surface area (Å²) in [4.78, 5) is 17.0. The summed E-state index contributed by atoms with van der Waals surface area (Å²) in [6.07, 6.45) is 7.06. The molecule has 0 aliphatic heterocycles. The number of hydrogen-bond acceptors (Lipinski definition) is 3. The Kier molecular flexibility index (Phi) is 2.90. The summed E-state index contributed by atoms with van der Waals surface area (Å²) in [5.41, 5.74) is 1.00. The number of pyridine rings is 1. The van der Waals surface area contributed by atoms with Crippen LogP contribution in [0.5, 0.6) is 0 Å². The number of anilines is 1. The number of carboxylic acid groups (broad SMARTS) is 1. The van der Waals surface area contributed by atoms with Crippen molar-refractivity contribution in [1.82, 2.24) is 4.98 Å². The molecule has 4 heteroatoms. The van der Waals surface area contributed by atoms with Crippen LogP contribution >= 0.6 is 0 Å². The third kappa shape index (κ3) is 2.05. The van der Waals surface area contributed by atoms with Gasteiger partial charge in [0.05, 0.1) is 5.69 Å². The Bertz CT molecular complexity index is 413. The van der Waals surface area contributed by atoms with Crippen LogP contribution in [0.2, 0.25) is 0 Å². The van der Waals surface area contributed by atoms with Crippen molar-refractivity contribution in [2.24, 2.45) is 0 Å². The zero-order valence-corrected chi connectivity index (χ0v) is 8.97. The lowest BCUT2D eigenvalue weighted by atomic mass is 10.2. The lowest BCUT2D eigenvalue weighted by molar-refractivity contribution is 0.0697. The number of hydrogen-bond donors (Lipinski definition) is 1. The molecular formula is C12H14N2O2. The first-order valence-corrected chi connectivity index (χ1v) is 5.29. The van der Waals surface area contributed by atoms with Crippen LogP contribution in [0, 0.1) is 0 Å². The van der Waals surface area contributed by atoms with E-state index in [0.717, 1.165) is 18.5 Å². The summed E-state index contributed by atoms with van der Waals surface area (Å²) in [7, 11) is 0. The van der Waals surface area contributed by atoms with Crippen LogP contribution in [0.25, 0.3) is 0 Å². The molecule has 1 aliphatic rings. The topological polar surface area (TPSA) is 53.4 Å². The van der Waals surface area contributed by atoms with Gasteiger partial charge in [-0.15, -0.1) is 6.58 Å². The Hall–Kier alpha value is -1.84. The molecule has 1 aromatic rings. The first kappa shape index (κ1) is 10.7. The molecule has 0 amide bonds. The normalized spacial score (nSPS) is 14.5. The fourth-order valence-electron chi connectivity index (χ4n) is 1.77. The summed E-state index contributed by atoms with van der Waals surface area (Å²) < 4.78 is 0. The summed E-state index contributed by atoms with van der Waals surface area (Å²) in [6.45, 7) is 4.38. The molecule has 0 spiro atoms. The summed E-state index contributed by atoms with van der Waals surface area (Å²) in [6, 6.07) is 2.21. The smallest absolute Gasteiger partial charge is 0.339 e. The first-order chi connectivity index (χ1) is 7.74. The van der Waals surface area contributed by atoms with Crippen molar-refractivity contribution >= 4 is 11.7 Å². The van der Waals surface area contributed by atoms with Crippen LogP contribution in [-0.4, -0.2) is 28.6 Å². The van der Waals surface area contributed by atoms with Crippen molar-refractivity contribution in [1.29, 1.82) is 0 Å². The van der Waals surface area contributed by atoms with Crippen molar-refractivity contribution in [3.05, 3.63) is 36.7 Å². The SMILES string of the molecule is C=CCN(c1ccncc1C(=O)O)C1CC1. The molecule has 4 nitrogen and oxygen atoms in total. The van der Waals surface area contributed by atoms with E-state index in [4.69, 9.17) is 5.11 Å². The lowest BCUT2D eigenvalue weighted by Crippen LogP contribution is -2.27. The van der Waals surface area contributed by atoms with Gasteiger partial charge in [-0.05, 0) is 18.9 Å². The van der Waals surface area contributed by atoms with E-state index in [2.05, 4.69) is 16.5 Å². The van der Waals surface area contributed by atoms with E-state index in [0.29, 0.717) is 12.6 Å². The highest BCUT2D eigenvalue weighted by Gasteiger charge is 2.30. The Balaban J connectivity index is 2.35. The lowest BCUT2D eigenvalue weighted by Gasteiger charge is -2.24. The number of carboxylic acids is 1. The highest BCUT2D eigenvalue weighted by atomic mass is 16.4. The molecule has 0 radical (unpaired) electrons. The zero-order chi connectivity index (χ0) is 11.5. The minimum absolute atomic E-state index is 0.260. The van der Waals surface area contributed by atoms with Crippen LogP contribution in [0.4, 0.5) is 5.69 Å². The quantitative estimate of drug-likeness (QED) is 0.767. The van der Waals surface area contributed by atoms with Gasteiger partial charge in [0.25, 0.3) is 0 Å². The van der Waals surface area contributed by atoms with E-state index in [1.54, 1.807) is 18.3 Å². The van der Waals surface area contributed by atoms with Gasteiger partial charge in [0, 0.05) is 25.0 Å². The predicted molar refractivity (Wildman–Crippen MR) is 61.8 cm³/mol. The van der Waals surface area contributed by atoms with E-state index < -0.39 is 5.97 Å². The van der Waals surface area contributed by atoms with Gasteiger partial charge in [-0.2, -0.15) is 0 Å². The molecule has 16 heavy (non-hydrogen) atoms. The van der Waals surface area contributed by atoms with Gasteiger partial charge in [0.15, 0.2) is 0 Å². The Labute approximate surface area is 94.2 Å². The largest absolute Gasteiger partial charge is 0.478 e. The van der Waals surface area contributed by atoms with Crippen LogP contribution in [-0.2, 0) is 0 Å². The standard InChI is InChI=1S/C12H14N2O2/c1-2-7-14(9-3-4-9)11-5-6-13-8-10(11)12(15)16/h2,5-6,8-9H,1,3-4,7H2,(H,15,16). The maximum absolute atomic E-state index is 11.1. The molecular weight excluding hydrogens is 204 g/mol. The summed E-state index contributed by atoms with van der Waals surface area (Å²) >= 11 is 0. The number of aromatic nitrogens is 1. The molecule has 1 aliphatic carbocycles. The van der Waals surface area contributed by atoms with Gasteiger partial charge in [-0.3, -0.25) is 4.98 Å².